The number of hydrogen-bond donors (Lipinski definition) is 2. The Morgan fingerprint density at radius 2 is 1.66 bits per heavy atom. The highest BCUT2D eigenvalue weighted by molar-refractivity contribution is 7.92. The monoisotopic (exact) mass is 490 g/mol. The minimum atomic E-state index is -3.88. The van der Waals surface area contributed by atoms with Gasteiger partial charge in [-0.15, -0.1) is 0 Å². The third-order valence-electron chi connectivity index (χ3n) is 5.26. The first-order valence-electron chi connectivity index (χ1n) is 11.0. The van der Waals surface area contributed by atoms with Gasteiger partial charge in [-0.05, 0) is 92.6 Å². The van der Waals surface area contributed by atoms with Crippen molar-refractivity contribution < 1.29 is 17.9 Å². The molecule has 9 heteroatoms. The average Bonchev–Trinajstić information content (AvgIpc) is 3.28. The average molecular weight is 491 g/mol. The topological polar surface area (TPSA) is 102 Å². The largest absolute Gasteiger partial charge is 0.494 e. The summed E-state index contributed by atoms with van der Waals surface area (Å²) in [5, 5.41) is 7.04. The summed E-state index contributed by atoms with van der Waals surface area (Å²) < 4.78 is 35.8. The number of carbonyl (C=O) groups is 1. The zero-order chi connectivity index (χ0) is 25.0. The molecule has 1 aromatic heterocycles. The molecule has 0 aliphatic carbocycles. The summed E-state index contributed by atoms with van der Waals surface area (Å²) in [7, 11) is -3.88. The molecule has 4 aromatic rings. The summed E-state index contributed by atoms with van der Waals surface area (Å²) in [5.74, 6) is 0.309. The highest BCUT2D eigenvalue weighted by Crippen LogP contribution is 2.24. The normalized spacial score (nSPS) is 11.2. The van der Waals surface area contributed by atoms with Crippen molar-refractivity contribution >= 4 is 27.3 Å². The van der Waals surface area contributed by atoms with E-state index in [9.17, 15) is 13.2 Å². The molecule has 35 heavy (non-hydrogen) atoms. The Morgan fingerprint density at radius 3 is 2.29 bits per heavy atom. The summed E-state index contributed by atoms with van der Waals surface area (Å²) in [5.41, 5.74) is 3.65. The molecule has 0 unspecified atom stereocenters. The number of aromatic nitrogens is 2. The van der Waals surface area contributed by atoms with Gasteiger partial charge in [0.25, 0.3) is 15.9 Å². The molecule has 0 spiro atoms. The highest BCUT2D eigenvalue weighted by Gasteiger charge is 2.19. The standard InChI is InChI=1S/C26H26N4O4S/c1-4-34-24-13-9-21(10-14-24)29-35(32,33)25-15-22(8-5-19(25)3)28-26(31)20-6-11-23(12-7-20)30-17-18(2)16-27-30/h5-17,29H,4H2,1-3H3,(H,28,31). The molecule has 0 saturated heterocycles. The van der Waals surface area contributed by atoms with Crippen molar-refractivity contribution in [1.82, 2.24) is 9.78 Å². The lowest BCUT2D eigenvalue weighted by molar-refractivity contribution is 0.102. The van der Waals surface area contributed by atoms with Gasteiger partial charge in [-0.25, -0.2) is 13.1 Å². The molecule has 0 radical (unpaired) electrons. The molecule has 180 valence electrons. The van der Waals surface area contributed by atoms with Crippen molar-refractivity contribution in [3.63, 3.8) is 0 Å². The van der Waals surface area contributed by atoms with Crippen LogP contribution in [0.2, 0.25) is 0 Å². The number of sulfonamides is 1. The zero-order valence-electron chi connectivity index (χ0n) is 19.6. The minimum absolute atomic E-state index is 0.0774. The van der Waals surface area contributed by atoms with Crippen molar-refractivity contribution in [3.8, 4) is 11.4 Å². The van der Waals surface area contributed by atoms with Crippen LogP contribution in [-0.2, 0) is 10.0 Å². The lowest BCUT2D eigenvalue weighted by Crippen LogP contribution is -2.16. The van der Waals surface area contributed by atoms with E-state index >= 15 is 0 Å². The third kappa shape index (κ3) is 5.70. The van der Waals surface area contributed by atoms with Crippen LogP contribution in [-0.4, -0.2) is 30.7 Å². The lowest BCUT2D eigenvalue weighted by Gasteiger charge is -2.13. The van der Waals surface area contributed by atoms with Crippen LogP contribution in [0.1, 0.15) is 28.4 Å². The van der Waals surface area contributed by atoms with Crippen LogP contribution in [0.25, 0.3) is 5.69 Å². The fourth-order valence-electron chi connectivity index (χ4n) is 3.49. The number of aryl methyl sites for hydroxylation is 2. The van der Waals surface area contributed by atoms with Crippen LogP contribution in [0.15, 0.2) is 84.0 Å². The van der Waals surface area contributed by atoms with E-state index in [0.717, 1.165) is 11.3 Å². The van der Waals surface area contributed by atoms with Crippen molar-refractivity contribution in [3.05, 3.63) is 95.8 Å². The van der Waals surface area contributed by atoms with Crippen LogP contribution < -0.4 is 14.8 Å². The maximum absolute atomic E-state index is 13.1. The Hall–Kier alpha value is -4.11. The lowest BCUT2D eigenvalue weighted by atomic mass is 10.1. The number of rotatable bonds is 8. The van der Waals surface area contributed by atoms with Gasteiger partial charge in [0.05, 0.1) is 23.4 Å². The van der Waals surface area contributed by atoms with Gasteiger partial charge in [0.15, 0.2) is 0 Å². The van der Waals surface area contributed by atoms with Gasteiger partial charge in [-0.1, -0.05) is 6.07 Å². The molecule has 0 fully saturated rings. The van der Waals surface area contributed by atoms with Crippen LogP contribution in [0, 0.1) is 13.8 Å². The number of anilines is 2. The van der Waals surface area contributed by atoms with E-state index in [2.05, 4.69) is 15.1 Å². The first-order valence-corrected chi connectivity index (χ1v) is 12.5. The number of ether oxygens (including phenoxy) is 1. The van der Waals surface area contributed by atoms with E-state index < -0.39 is 10.0 Å². The minimum Gasteiger partial charge on any atom is -0.494 e. The van der Waals surface area contributed by atoms with E-state index in [4.69, 9.17) is 4.74 Å². The Labute approximate surface area is 204 Å². The van der Waals surface area contributed by atoms with Crippen LogP contribution in [0.4, 0.5) is 11.4 Å². The quantitative estimate of drug-likeness (QED) is 0.364. The summed E-state index contributed by atoms with van der Waals surface area (Å²) in [6.45, 7) is 6.06. The Bertz CT molecular complexity index is 1440. The Kier molecular flexibility index (Phi) is 6.88. The Balaban J connectivity index is 1.49. The van der Waals surface area contributed by atoms with E-state index in [-0.39, 0.29) is 10.8 Å². The molecule has 4 rings (SSSR count). The molecule has 0 bridgehead atoms. The number of nitrogens with one attached hydrogen (secondary N) is 2. The molecule has 3 aromatic carbocycles. The molecule has 2 N–H and O–H groups in total. The summed E-state index contributed by atoms with van der Waals surface area (Å²) in [6, 6.07) is 18.4. The molecular weight excluding hydrogens is 464 g/mol. The maximum atomic E-state index is 13.1. The zero-order valence-corrected chi connectivity index (χ0v) is 20.5. The van der Waals surface area contributed by atoms with E-state index in [1.165, 1.54) is 6.07 Å². The second-order valence-corrected chi connectivity index (χ2v) is 9.66. The molecular formula is C26H26N4O4S. The number of carbonyl (C=O) groups excluding carboxylic acids is 1. The van der Waals surface area contributed by atoms with Crippen LogP contribution >= 0.6 is 0 Å². The van der Waals surface area contributed by atoms with Crippen molar-refractivity contribution in [2.45, 2.75) is 25.7 Å². The first kappa shape index (κ1) is 24.0. The van der Waals surface area contributed by atoms with Gasteiger partial charge < -0.3 is 10.1 Å². The molecule has 0 aliphatic rings. The molecule has 1 amide bonds. The molecule has 0 atom stereocenters. The second-order valence-electron chi connectivity index (χ2n) is 8.01. The summed E-state index contributed by atoms with van der Waals surface area (Å²) in [6.07, 6.45) is 3.65. The summed E-state index contributed by atoms with van der Waals surface area (Å²) >= 11 is 0. The van der Waals surface area contributed by atoms with Crippen LogP contribution in [0.5, 0.6) is 5.75 Å². The summed E-state index contributed by atoms with van der Waals surface area (Å²) in [4.78, 5) is 12.9. The number of benzene rings is 3. The van der Waals surface area contributed by atoms with Crippen molar-refractivity contribution in [2.75, 3.05) is 16.6 Å². The maximum Gasteiger partial charge on any atom is 0.262 e. The SMILES string of the molecule is CCOc1ccc(NS(=O)(=O)c2cc(NC(=O)c3ccc(-n4cc(C)cn4)cc3)ccc2C)cc1. The van der Waals surface area contributed by atoms with Crippen molar-refractivity contribution in [2.24, 2.45) is 0 Å². The molecule has 0 aliphatic heterocycles. The Morgan fingerprint density at radius 1 is 0.971 bits per heavy atom. The number of nitrogens with zero attached hydrogens (tertiary/aromatic N) is 2. The van der Waals surface area contributed by atoms with E-state index in [1.807, 2.05) is 20.0 Å². The van der Waals surface area contributed by atoms with E-state index in [0.29, 0.717) is 34.9 Å². The molecule has 1 heterocycles. The van der Waals surface area contributed by atoms with Crippen molar-refractivity contribution in [1.29, 1.82) is 0 Å². The van der Waals surface area contributed by atoms with Gasteiger partial charge in [-0.3, -0.25) is 9.52 Å². The highest BCUT2D eigenvalue weighted by atomic mass is 32.2. The fraction of sp³-hybridized carbons (Fsp3) is 0.154. The van der Waals surface area contributed by atoms with Gasteiger partial charge in [-0.2, -0.15) is 5.10 Å². The van der Waals surface area contributed by atoms with Gasteiger partial charge in [0.2, 0.25) is 0 Å². The predicted octanol–water partition coefficient (Wildman–Crippen LogP) is 4.94. The first-order chi connectivity index (χ1) is 16.7. The molecule has 0 saturated carbocycles. The third-order valence-corrected chi connectivity index (χ3v) is 6.78. The number of hydrogen-bond acceptors (Lipinski definition) is 5. The van der Waals surface area contributed by atoms with Gasteiger partial charge in [0.1, 0.15) is 5.75 Å². The number of amides is 1. The van der Waals surface area contributed by atoms with Crippen LogP contribution in [0.3, 0.4) is 0 Å². The van der Waals surface area contributed by atoms with Gasteiger partial charge in [0, 0.05) is 23.1 Å². The molecule has 8 nitrogen and oxygen atoms in total. The van der Waals surface area contributed by atoms with E-state index in [1.54, 1.807) is 78.5 Å². The second kappa shape index (κ2) is 10.0. The predicted molar refractivity (Wildman–Crippen MR) is 136 cm³/mol. The fourth-order valence-corrected chi connectivity index (χ4v) is 4.82. The van der Waals surface area contributed by atoms with Gasteiger partial charge >= 0.3 is 0 Å². The smallest absolute Gasteiger partial charge is 0.262 e.